The Morgan fingerprint density at radius 1 is 1.00 bits per heavy atom. The average molecular weight is 387 g/mol. The van der Waals surface area contributed by atoms with Crippen LogP contribution in [-0.4, -0.2) is 14.8 Å². The maximum atomic E-state index is 12.3. The molecule has 0 aliphatic carbocycles. The molecular weight excluding hydrogens is 377 g/mol. The van der Waals surface area contributed by atoms with Gasteiger partial charge in [-0.1, -0.05) is 18.2 Å². The highest BCUT2D eigenvalue weighted by atomic mass is 127. The summed E-state index contributed by atoms with van der Waals surface area (Å²) in [6.07, 6.45) is 0. The summed E-state index contributed by atoms with van der Waals surface area (Å²) >= 11 is 2.24. The number of para-hydroxylation sites is 1. The minimum Gasteiger partial charge on any atom is -0.353 e. The number of halogens is 1. The molecule has 102 valence electrons. The minimum absolute atomic E-state index is 0.143. The fourth-order valence-corrected chi connectivity index (χ4v) is 2.82. The summed E-state index contributed by atoms with van der Waals surface area (Å²) in [4.78, 5) is 15.5. The van der Waals surface area contributed by atoms with Crippen molar-refractivity contribution in [3.05, 3.63) is 68.5 Å². The van der Waals surface area contributed by atoms with Crippen LogP contribution in [0, 0.1) is 3.57 Å². The summed E-state index contributed by atoms with van der Waals surface area (Å²) in [5.41, 5.74) is 3.19. The monoisotopic (exact) mass is 387 g/mol. The Balaban J connectivity index is 2.05. The summed E-state index contributed by atoms with van der Waals surface area (Å²) in [5, 5.41) is 5.55. The second kappa shape index (κ2) is 4.70. The fourth-order valence-electron chi connectivity index (χ4n) is 2.46. The van der Waals surface area contributed by atoms with Gasteiger partial charge in [0.05, 0.1) is 11.2 Å². The molecule has 4 aromatic rings. The van der Waals surface area contributed by atoms with E-state index in [2.05, 4.69) is 32.7 Å². The number of nitrogens with one attached hydrogen (secondary N) is 1. The molecule has 21 heavy (non-hydrogen) atoms. The third-order valence-electron chi connectivity index (χ3n) is 3.45. The quantitative estimate of drug-likeness (QED) is 0.509. The summed E-state index contributed by atoms with van der Waals surface area (Å²) in [5.74, 6) is 0. The van der Waals surface area contributed by atoms with Crippen molar-refractivity contribution >= 4 is 44.5 Å². The lowest BCUT2D eigenvalue weighted by Crippen LogP contribution is -2.19. The number of fused-ring (bicyclic) bond motifs is 3. The highest BCUT2D eigenvalue weighted by molar-refractivity contribution is 14.1. The molecule has 2 aromatic heterocycles. The Morgan fingerprint density at radius 2 is 1.76 bits per heavy atom. The minimum atomic E-state index is -0.143. The van der Waals surface area contributed by atoms with Crippen molar-refractivity contribution < 1.29 is 0 Å². The molecule has 0 saturated carbocycles. The maximum absolute atomic E-state index is 12.3. The van der Waals surface area contributed by atoms with Crippen LogP contribution in [0.4, 0.5) is 0 Å². The van der Waals surface area contributed by atoms with E-state index in [9.17, 15) is 4.79 Å². The van der Waals surface area contributed by atoms with E-state index in [-0.39, 0.29) is 5.56 Å². The summed E-state index contributed by atoms with van der Waals surface area (Å²) in [6.45, 7) is 0. The second-order valence-corrected chi connectivity index (χ2v) is 6.05. The Hall–Kier alpha value is -2.15. The van der Waals surface area contributed by atoms with Crippen molar-refractivity contribution in [3.63, 3.8) is 0 Å². The van der Waals surface area contributed by atoms with Gasteiger partial charge >= 0.3 is 0 Å². The zero-order valence-electron chi connectivity index (χ0n) is 10.9. The molecule has 0 saturated heterocycles. The van der Waals surface area contributed by atoms with E-state index >= 15 is 0 Å². The number of hydrogen-bond acceptors (Lipinski definition) is 2. The maximum Gasteiger partial charge on any atom is 0.273 e. The third-order valence-corrected chi connectivity index (χ3v) is 4.17. The second-order valence-electron chi connectivity index (χ2n) is 4.80. The Kier molecular flexibility index (Phi) is 2.81. The Labute approximate surface area is 133 Å². The first kappa shape index (κ1) is 12.6. The number of H-pyrrole nitrogens is 1. The van der Waals surface area contributed by atoms with Crippen molar-refractivity contribution in [2.24, 2.45) is 0 Å². The fraction of sp³-hybridized carbons (Fsp3) is 0. The van der Waals surface area contributed by atoms with Crippen LogP contribution in [0.5, 0.6) is 0 Å². The molecule has 1 N–H and O–H groups in total. The first-order valence-corrected chi connectivity index (χ1v) is 7.57. The number of rotatable bonds is 1. The lowest BCUT2D eigenvalue weighted by molar-refractivity contribution is 0.833. The van der Waals surface area contributed by atoms with Gasteiger partial charge in [0.15, 0.2) is 0 Å². The van der Waals surface area contributed by atoms with Crippen molar-refractivity contribution in [2.75, 3.05) is 0 Å². The van der Waals surface area contributed by atoms with Gasteiger partial charge in [-0.25, -0.2) is 0 Å². The molecule has 0 bridgehead atoms. The molecule has 0 fully saturated rings. The van der Waals surface area contributed by atoms with E-state index in [0.717, 1.165) is 31.2 Å². The van der Waals surface area contributed by atoms with Gasteiger partial charge in [0.25, 0.3) is 5.56 Å². The number of aromatic amines is 1. The highest BCUT2D eigenvalue weighted by Crippen LogP contribution is 2.22. The van der Waals surface area contributed by atoms with E-state index in [1.165, 1.54) is 4.68 Å². The van der Waals surface area contributed by atoms with Crippen LogP contribution >= 0.6 is 22.6 Å². The van der Waals surface area contributed by atoms with E-state index < -0.39 is 0 Å². The largest absolute Gasteiger partial charge is 0.353 e. The molecule has 0 atom stereocenters. The zero-order chi connectivity index (χ0) is 14.4. The normalized spacial score (nSPS) is 11.3. The van der Waals surface area contributed by atoms with Gasteiger partial charge in [-0.15, -0.1) is 0 Å². The Morgan fingerprint density at radius 3 is 2.57 bits per heavy atom. The van der Waals surface area contributed by atoms with Crippen molar-refractivity contribution in [1.82, 2.24) is 14.8 Å². The van der Waals surface area contributed by atoms with Gasteiger partial charge in [0, 0.05) is 20.5 Å². The van der Waals surface area contributed by atoms with E-state index in [1.54, 1.807) is 6.07 Å². The molecule has 0 aliphatic heterocycles. The number of benzene rings is 2. The van der Waals surface area contributed by atoms with Crippen LogP contribution < -0.4 is 5.56 Å². The molecule has 4 nitrogen and oxygen atoms in total. The molecule has 2 aromatic carbocycles. The number of hydrogen-bond donors (Lipinski definition) is 1. The van der Waals surface area contributed by atoms with Gasteiger partial charge in [-0.2, -0.15) is 9.78 Å². The van der Waals surface area contributed by atoms with Gasteiger partial charge in [-0.05, 0) is 52.9 Å². The lowest BCUT2D eigenvalue weighted by atomic mass is 10.2. The van der Waals surface area contributed by atoms with Crippen LogP contribution in [0.1, 0.15) is 0 Å². The van der Waals surface area contributed by atoms with Crippen LogP contribution in [0.3, 0.4) is 0 Å². The van der Waals surface area contributed by atoms with Crippen molar-refractivity contribution in [2.45, 2.75) is 0 Å². The SMILES string of the molecule is O=c1cc2[nH]c3ccccc3c2nn1-c1ccc(I)cc1. The topological polar surface area (TPSA) is 50.7 Å². The van der Waals surface area contributed by atoms with Crippen molar-refractivity contribution in [1.29, 1.82) is 0 Å². The summed E-state index contributed by atoms with van der Waals surface area (Å²) in [7, 11) is 0. The Bertz CT molecular complexity index is 1020. The van der Waals surface area contributed by atoms with Crippen LogP contribution in [0.15, 0.2) is 59.4 Å². The molecule has 2 heterocycles. The first-order valence-electron chi connectivity index (χ1n) is 6.49. The predicted molar refractivity (Wildman–Crippen MR) is 91.9 cm³/mol. The number of nitrogens with zero attached hydrogens (tertiary/aromatic N) is 2. The lowest BCUT2D eigenvalue weighted by Gasteiger charge is -2.04. The van der Waals surface area contributed by atoms with Crippen molar-refractivity contribution in [3.8, 4) is 5.69 Å². The molecule has 0 unspecified atom stereocenters. The molecular formula is C16H10IN3O. The zero-order valence-corrected chi connectivity index (χ0v) is 13.0. The van der Waals surface area contributed by atoms with Gasteiger partial charge in [0.2, 0.25) is 0 Å². The summed E-state index contributed by atoms with van der Waals surface area (Å²) < 4.78 is 2.57. The predicted octanol–water partition coefficient (Wildman–Crippen LogP) is 3.47. The third kappa shape index (κ3) is 2.04. The standard InChI is InChI=1S/C16H10IN3O/c17-10-5-7-11(8-6-10)20-15(21)9-14-16(19-20)12-3-1-2-4-13(12)18-14/h1-9,18H. The molecule has 0 spiro atoms. The van der Waals surface area contributed by atoms with Crippen LogP contribution in [-0.2, 0) is 0 Å². The molecule has 0 amide bonds. The summed E-state index contributed by atoms with van der Waals surface area (Å²) in [6, 6.07) is 17.2. The van der Waals surface area contributed by atoms with Gasteiger partial charge < -0.3 is 4.98 Å². The van der Waals surface area contributed by atoms with E-state index in [1.807, 2.05) is 48.5 Å². The van der Waals surface area contributed by atoms with E-state index in [0.29, 0.717) is 0 Å². The van der Waals surface area contributed by atoms with Crippen LogP contribution in [0.25, 0.3) is 27.6 Å². The first-order chi connectivity index (χ1) is 10.2. The molecule has 0 aliphatic rings. The van der Waals surface area contributed by atoms with Gasteiger partial charge in [0.1, 0.15) is 5.52 Å². The molecule has 0 radical (unpaired) electrons. The van der Waals surface area contributed by atoms with E-state index in [4.69, 9.17) is 0 Å². The highest BCUT2D eigenvalue weighted by Gasteiger charge is 2.09. The van der Waals surface area contributed by atoms with Gasteiger partial charge in [-0.3, -0.25) is 4.79 Å². The number of aromatic nitrogens is 3. The molecule has 5 heteroatoms. The average Bonchev–Trinajstić information content (AvgIpc) is 2.84. The smallest absolute Gasteiger partial charge is 0.273 e. The van der Waals surface area contributed by atoms with Crippen LogP contribution in [0.2, 0.25) is 0 Å². The molecule has 4 rings (SSSR count).